The summed E-state index contributed by atoms with van der Waals surface area (Å²) in [6, 6.07) is 6.38. The van der Waals surface area contributed by atoms with Gasteiger partial charge < -0.3 is 39.3 Å². The van der Waals surface area contributed by atoms with Crippen LogP contribution >= 0.6 is 15.0 Å². The van der Waals surface area contributed by atoms with Crippen LogP contribution in [0.3, 0.4) is 0 Å². The lowest BCUT2D eigenvalue weighted by Gasteiger charge is -2.32. The summed E-state index contributed by atoms with van der Waals surface area (Å²) in [5, 5.41) is 9.22. The average molecular weight is 714 g/mol. The zero-order valence-electron chi connectivity index (χ0n) is 25.4. The molecule has 2 atom stereocenters. The zero-order valence-corrected chi connectivity index (χ0v) is 27.2. The number of nitrogens with zero attached hydrogens (tertiary/aromatic N) is 2. The summed E-state index contributed by atoms with van der Waals surface area (Å²) in [6.07, 6.45) is 1.66. The number of ether oxygens (including phenoxy) is 1. The van der Waals surface area contributed by atoms with E-state index in [-0.39, 0.29) is 48.1 Å². The Hall–Kier alpha value is -3.94. The van der Waals surface area contributed by atoms with Crippen LogP contribution < -0.4 is 20.4 Å². The topological polar surface area (TPSA) is 196 Å². The number of hydrogen-bond donors (Lipinski definition) is 5. The maximum Gasteiger partial charge on any atom is 0.412 e. The van der Waals surface area contributed by atoms with E-state index >= 15 is 13.2 Å². The molecule has 5 rings (SSSR count). The van der Waals surface area contributed by atoms with E-state index in [0.29, 0.717) is 24.8 Å². The van der Waals surface area contributed by atoms with Gasteiger partial charge in [-0.25, -0.2) is 22.8 Å². The highest BCUT2D eigenvalue weighted by molar-refractivity contribution is 7.73. The number of aromatic nitrogens is 1. The van der Waals surface area contributed by atoms with E-state index in [9.17, 15) is 43.3 Å². The number of carbonyl (C=O) groups excluding carboxylic acids is 1. The molecule has 18 heteroatoms. The van der Waals surface area contributed by atoms with Crippen LogP contribution in [0.1, 0.15) is 47.6 Å². The number of nitrogens with one attached hydrogen (secondary N) is 1. The monoisotopic (exact) mass is 713 g/mol. The van der Waals surface area contributed by atoms with Crippen molar-refractivity contribution in [3.05, 3.63) is 80.9 Å². The van der Waals surface area contributed by atoms with Crippen molar-refractivity contribution in [2.75, 3.05) is 31.2 Å². The number of rotatable bonds is 10. The van der Waals surface area contributed by atoms with Crippen LogP contribution in [0.15, 0.2) is 52.7 Å². The normalized spacial score (nSPS) is 18.3. The molecule has 2 heterocycles. The summed E-state index contributed by atoms with van der Waals surface area (Å²) < 4.78 is 76.2. The molecule has 2 aromatic carbocycles. The van der Waals surface area contributed by atoms with Crippen LogP contribution in [0.5, 0.6) is 5.75 Å². The standard InChI is InChI=1S/C30H32F3N3O10P2/c1-47(41,42)24(48(43,44)45)11-16-4-8-19(9-5-16)46-30(40)34-13-21(31)17-3-2-10-35(14-17)23-12-22-25(27(33)26(23)32)28(37)20(29(38)39)15-36(22)18-6-7-18/h4-5,8-9,12,15,18,24H,2-3,6-7,10-11,13-14H2,1H3,(H,34,40)(H,38,39)(H,41,42)(H2,43,44,45)/b21-17+. The van der Waals surface area contributed by atoms with E-state index in [1.807, 2.05) is 0 Å². The number of benzene rings is 2. The Morgan fingerprint density at radius 3 is 2.35 bits per heavy atom. The molecule has 13 nitrogen and oxygen atoms in total. The highest BCUT2D eigenvalue weighted by Crippen LogP contribution is 2.61. The summed E-state index contributed by atoms with van der Waals surface area (Å²) >= 11 is 0. The number of carbonyl (C=O) groups is 2. The number of amides is 1. The second-order valence-corrected chi connectivity index (χ2v) is 16.6. The van der Waals surface area contributed by atoms with E-state index in [1.54, 1.807) is 0 Å². The minimum absolute atomic E-state index is 0.00137. The van der Waals surface area contributed by atoms with Crippen molar-refractivity contribution in [2.24, 2.45) is 0 Å². The minimum Gasteiger partial charge on any atom is -0.477 e. The van der Waals surface area contributed by atoms with Crippen molar-refractivity contribution in [2.45, 2.75) is 43.5 Å². The number of piperidine rings is 1. The smallest absolute Gasteiger partial charge is 0.412 e. The Bertz CT molecular complexity index is 1950. The lowest BCUT2D eigenvalue weighted by atomic mass is 10.0. The molecule has 0 radical (unpaired) electrons. The third-order valence-corrected chi connectivity index (χ3v) is 12.7. The quantitative estimate of drug-likeness (QED) is 0.180. The predicted molar refractivity (Wildman–Crippen MR) is 169 cm³/mol. The molecule has 5 N–H and O–H groups in total. The third-order valence-electron chi connectivity index (χ3n) is 8.25. The van der Waals surface area contributed by atoms with Gasteiger partial charge in [0.15, 0.2) is 11.6 Å². The van der Waals surface area contributed by atoms with E-state index in [0.717, 1.165) is 12.9 Å². The summed E-state index contributed by atoms with van der Waals surface area (Å²) in [5.41, 5.74) is -1.48. The van der Waals surface area contributed by atoms with Crippen molar-refractivity contribution in [3.8, 4) is 5.75 Å². The number of carboxylic acid groups (broad SMARTS) is 1. The van der Waals surface area contributed by atoms with Crippen LogP contribution in [0.2, 0.25) is 0 Å². The molecule has 48 heavy (non-hydrogen) atoms. The van der Waals surface area contributed by atoms with Gasteiger partial charge in [-0.3, -0.25) is 13.9 Å². The second kappa shape index (κ2) is 13.5. The second-order valence-electron chi connectivity index (χ2n) is 11.9. The molecule has 0 bridgehead atoms. The first-order valence-electron chi connectivity index (χ1n) is 14.8. The molecular formula is C30H32F3N3O10P2. The van der Waals surface area contributed by atoms with Crippen molar-refractivity contribution in [1.29, 1.82) is 0 Å². The van der Waals surface area contributed by atoms with E-state index in [1.165, 1.54) is 39.8 Å². The Labute approximate surface area is 271 Å². The molecule has 1 aliphatic carbocycles. The number of carboxylic acids is 1. The molecule has 2 aliphatic rings. The fourth-order valence-electron chi connectivity index (χ4n) is 5.65. The number of fused-ring (bicyclic) bond motifs is 1. The van der Waals surface area contributed by atoms with Crippen LogP contribution in [0.25, 0.3) is 10.9 Å². The van der Waals surface area contributed by atoms with Crippen LogP contribution in [-0.2, 0) is 15.6 Å². The van der Waals surface area contributed by atoms with E-state index < -0.39 is 79.2 Å². The van der Waals surface area contributed by atoms with Gasteiger partial charge in [-0.2, -0.15) is 0 Å². The molecule has 2 unspecified atom stereocenters. The lowest BCUT2D eigenvalue weighted by molar-refractivity contribution is 0.0694. The molecular weight excluding hydrogens is 681 g/mol. The Balaban J connectivity index is 1.27. The Kier molecular flexibility index (Phi) is 9.96. The van der Waals surface area contributed by atoms with Gasteiger partial charge in [-0.1, -0.05) is 12.1 Å². The number of halogens is 3. The first-order chi connectivity index (χ1) is 22.5. The van der Waals surface area contributed by atoms with Crippen molar-refractivity contribution < 1.29 is 56.4 Å². The van der Waals surface area contributed by atoms with Gasteiger partial charge in [0.05, 0.1) is 23.1 Å². The molecule has 2 fully saturated rings. The largest absolute Gasteiger partial charge is 0.477 e. The van der Waals surface area contributed by atoms with Gasteiger partial charge in [-0.15, -0.1) is 0 Å². The van der Waals surface area contributed by atoms with Crippen molar-refractivity contribution >= 4 is 43.6 Å². The first kappa shape index (κ1) is 35.4. The Morgan fingerprint density at radius 1 is 1.10 bits per heavy atom. The molecule has 1 saturated carbocycles. The number of anilines is 1. The van der Waals surface area contributed by atoms with Crippen LogP contribution in [0.4, 0.5) is 23.7 Å². The molecule has 0 spiro atoms. The van der Waals surface area contributed by atoms with Crippen LogP contribution in [0, 0.1) is 11.6 Å². The third kappa shape index (κ3) is 7.68. The minimum atomic E-state index is -4.89. The van der Waals surface area contributed by atoms with Gasteiger partial charge in [-0.05, 0) is 61.4 Å². The van der Waals surface area contributed by atoms with E-state index in [2.05, 4.69) is 5.32 Å². The molecule has 258 valence electrons. The maximum absolute atomic E-state index is 15.4. The highest BCUT2D eigenvalue weighted by Gasteiger charge is 2.40. The number of aromatic carboxylic acids is 1. The summed E-state index contributed by atoms with van der Waals surface area (Å²) in [5.74, 6) is -5.14. The fraction of sp³-hybridized carbons (Fsp3) is 0.367. The van der Waals surface area contributed by atoms with Crippen LogP contribution in [-0.4, -0.2) is 68.1 Å². The summed E-state index contributed by atoms with van der Waals surface area (Å²) in [7, 11) is -9.03. The maximum atomic E-state index is 15.4. The Morgan fingerprint density at radius 2 is 1.77 bits per heavy atom. The predicted octanol–water partition coefficient (Wildman–Crippen LogP) is 4.87. The van der Waals surface area contributed by atoms with Crippen molar-refractivity contribution in [1.82, 2.24) is 9.88 Å². The molecule has 1 amide bonds. The van der Waals surface area contributed by atoms with Gasteiger partial charge in [0.2, 0.25) is 12.8 Å². The average Bonchev–Trinajstić information content (AvgIpc) is 3.85. The summed E-state index contributed by atoms with van der Waals surface area (Å²) in [4.78, 5) is 66.8. The van der Waals surface area contributed by atoms with E-state index in [4.69, 9.17) is 4.74 Å². The first-order valence-corrected chi connectivity index (χ1v) is 18.6. The highest BCUT2D eigenvalue weighted by atomic mass is 31.2. The molecule has 3 aromatic rings. The fourth-order valence-corrected chi connectivity index (χ4v) is 8.88. The van der Waals surface area contributed by atoms with Gasteiger partial charge in [0, 0.05) is 32.0 Å². The summed E-state index contributed by atoms with van der Waals surface area (Å²) in [6.45, 7) is 0.349. The van der Waals surface area contributed by atoms with Gasteiger partial charge in [0.1, 0.15) is 22.5 Å². The van der Waals surface area contributed by atoms with Gasteiger partial charge in [0.25, 0.3) is 0 Å². The zero-order chi connectivity index (χ0) is 35.1. The SMILES string of the molecule is CP(=O)(O)C(Cc1ccc(OC(=O)NC/C(F)=C2/CCCN(c3cc4c(c(F)c3F)c(=O)c(C(=O)O)cn4C3CC3)C2)cc1)P(=O)(O)O. The number of pyridine rings is 1. The van der Waals surface area contributed by atoms with Gasteiger partial charge >= 0.3 is 19.7 Å². The van der Waals surface area contributed by atoms with Crippen molar-refractivity contribution in [3.63, 3.8) is 0 Å². The molecule has 1 aliphatic heterocycles. The molecule has 1 aromatic heterocycles. The molecule has 1 saturated heterocycles. The lowest BCUT2D eigenvalue weighted by Crippen LogP contribution is -2.34. The number of hydrogen-bond acceptors (Lipinski definition) is 7.